The van der Waals surface area contributed by atoms with Crippen molar-refractivity contribution in [3.63, 3.8) is 0 Å². The van der Waals surface area contributed by atoms with E-state index in [1.165, 1.54) is 29.1 Å². The normalized spacial score (nSPS) is 11.6. The summed E-state index contributed by atoms with van der Waals surface area (Å²) in [7, 11) is 0. The lowest BCUT2D eigenvalue weighted by Crippen LogP contribution is -2.17. The standard InChI is InChI=1S/C16H8F6N2O/c17-12-7-9(8-13(18)15(12)19)14-5-6-24(23-14)10-1-3-11(4-2-10)25-16(20,21)22/h1-8H. The molecule has 0 aliphatic heterocycles. The second kappa shape index (κ2) is 6.15. The molecule has 0 saturated heterocycles. The third-order valence-electron chi connectivity index (χ3n) is 3.20. The predicted octanol–water partition coefficient (Wildman–Crippen LogP) is 4.86. The molecule has 0 saturated carbocycles. The smallest absolute Gasteiger partial charge is 0.406 e. The third kappa shape index (κ3) is 3.76. The Morgan fingerprint density at radius 1 is 0.880 bits per heavy atom. The monoisotopic (exact) mass is 358 g/mol. The molecule has 0 radical (unpaired) electrons. The van der Waals surface area contributed by atoms with Crippen LogP contribution in [0.3, 0.4) is 0 Å². The molecule has 1 heterocycles. The van der Waals surface area contributed by atoms with Gasteiger partial charge in [0.2, 0.25) is 0 Å². The maximum absolute atomic E-state index is 13.3. The van der Waals surface area contributed by atoms with Crippen LogP contribution in [0.15, 0.2) is 48.7 Å². The quantitative estimate of drug-likeness (QED) is 0.494. The molecule has 0 fully saturated rings. The first-order valence-corrected chi connectivity index (χ1v) is 6.80. The molecule has 1 aromatic heterocycles. The molecule has 0 atom stereocenters. The third-order valence-corrected chi connectivity index (χ3v) is 3.20. The molecular formula is C16H8F6N2O. The molecule has 25 heavy (non-hydrogen) atoms. The number of rotatable bonds is 3. The van der Waals surface area contributed by atoms with Crippen LogP contribution in [0.5, 0.6) is 5.75 Å². The predicted molar refractivity (Wildman–Crippen MR) is 75.6 cm³/mol. The molecule has 0 N–H and O–H groups in total. The van der Waals surface area contributed by atoms with Crippen LogP contribution in [0.1, 0.15) is 0 Å². The summed E-state index contributed by atoms with van der Waals surface area (Å²) >= 11 is 0. The van der Waals surface area contributed by atoms with E-state index in [9.17, 15) is 26.3 Å². The van der Waals surface area contributed by atoms with Gasteiger partial charge in [-0.2, -0.15) is 5.10 Å². The van der Waals surface area contributed by atoms with Crippen molar-refractivity contribution in [2.75, 3.05) is 0 Å². The van der Waals surface area contributed by atoms with E-state index in [1.807, 2.05) is 0 Å². The Labute approximate surface area is 137 Å². The Kier molecular flexibility index (Phi) is 4.15. The van der Waals surface area contributed by atoms with Gasteiger partial charge in [-0.15, -0.1) is 13.2 Å². The summed E-state index contributed by atoms with van der Waals surface area (Å²) in [6.45, 7) is 0. The number of benzene rings is 2. The van der Waals surface area contributed by atoms with E-state index in [2.05, 4.69) is 9.84 Å². The zero-order valence-electron chi connectivity index (χ0n) is 12.2. The van der Waals surface area contributed by atoms with Crippen molar-refractivity contribution in [2.45, 2.75) is 6.36 Å². The highest BCUT2D eigenvalue weighted by Crippen LogP contribution is 2.25. The Morgan fingerprint density at radius 3 is 2.04 bits per heavy atom. The van der Waals surface area contributed by atoms with Gasteiger partial charge in [-0.25, -0.2) is 17.9 Å². The average Bonchev–Trinajstić information content (AvgIpc) is 3.01. The summed E-state index contributed by atoms with van der Waals surface area (Å²) in [5.74, 6) is -4.67. The van der Waals surface area contributed by atoms with Gasteiger partial charge in [0.15, 0.2) is 17.5 Å². The summed E-state index contributed by atoms with van der Waals surface area (Å²) in [4.78, 5) is 0. The molecule has 3 rings (SSSR count). The Hall–Kier alpha value is -2.97. The second-order valence-corrected chi connectivity index (χ2v) is 4.94. The van der Waals surface area contributed by atoms with Crippen LogP contribution in [0, 0.1) is 17.5 Å². The van der Waals surface area contributed by atoms with Crippen molar-refractivity contribution in [3.8, 4) is 22.7 Å². The number of hydrogen-bond donors (Lipinski definition) is 0. The second-order valence-electron chi connectivity index (χ2n) is 4.94. The van der Waals surface area contributed by atoms with Gasteiger partial charge >= 0.3 is 6.36 Å². The molecule has 9 heteroatoms. The molecule has 0 unspecified atom stereocenters. The molecule has 0 aliphatic rings. The van der Waals surface area contributed by atoms with Crippen LogP contribution in [0.4, 0.5) is 26.3 Å². The molecule has 3 aromatic rings. The lowest BCUT2D eigenvalue weighted by Gasteiger charge is -2.09. The van der Waals surface area contributed by atoms with E-state index in [-0.39, 0.29) is 11.3 Å². The van der Waals surface area contributed by atoms with Crippen LogP contribution < -0.4 is 4.74 Å². The first kappa shape index (κ1) is 16.9. The molecule has 0 spiro atoms. The fourth-order valence-electron chi connectivity index (χ4n) is 2.13. The van der Waals surface area contributed by atoms with E-state index in [0.717, 1.165) is 24.3 Å². The summed E-state index contributed by atoms with van der Waals surface area (Å²) in [6, 6.07) is 7.86. The molecule has 0 aliphatic carbocycles. The van der Waals surface area contributed by atoms with Crippen LogP contribution >= 0.6 is 0 Å². The topological polar surface area (TPSA) is 27.1 Å². The Bertz CT molecular complexity index is 879. The van der Waals surface area contributed by atoms with Crippen molar-refractivity contribution >= 4 is 0 Å². The lowest BCUT2D eigenvalue weighted by molar-refractivity contribution is -0.274. The van der Waals surface area contributed by atoms with Crippen LogP contribution in [-0.4, -0.2) is 16.1 Å². The van der Waals surface area contributed by atoms with Crippen molar-refractivity contribution in [2.24, 2.45) is 0 Å². The molecular weight excluding hydrogens is 350 g/mol. The van der Waals surface area contributed by atoms with Gasteiger partial charge in [-0.1, -0.05) is 0 Å². The largest absolute Gasteiger partial charge is 0.573 e. The Balaban J connectivity index is 1.86. The summed E-state index contributed by atoms with van der Waals surface area (Å²) in [6.07, 6.45) is -3.36. The number of alkyl halides is 3. The molecule has 130 valence electrons. The van der Waals surface area contributed by atoms with Gasteiger partial charge in [0.25, 0.3) is 0 Å². The van der Waals surface area contributed by atoms with Gasteiger partial charge in [-0.3, -0.25) is 0 Å². The maximum atomic E-state index is 13.3. The minimum absolute atomic E-state index is 0.0205. The molecule has 0 bridgehead atoms. The average molecular weight is 358 g/mol. The molecule has 0 amide bonds. The fourth-order valence-corrected chi connectivity index (χ4v) is 2.13. The van der Waals surface area contributed by atoms with Crippen molar-refractivity contribution < 1.29 is 31.1 Å². The first-order chi connectivity index (χ1) is 11.7. The number of ether oxygens (including phenoxy) is 1. The number of halogens is 6. The Morgan fingerprint density at radius 2 is 1.48 bits per heavy atom. The highest BCUT2D eigenvalue weighted by molar-refractivity contribution is 5.59. The van der Waals surface area contributed by atoms with E-state index < -0.39 is 29.6 Å². The van der Waals surface area contributed by atoms with Gasteiger partial charge in [-0.05, 0) is 42.5 Å². The number of nitrogens with zero attached hydrogens (tertiary/aromatic N) is 2. The summed E-state index contributed by atoms with van der Waals surface area (Å²) in [5.41, 5.74) is 0.574. The minimum Gasteiger partial charge on any atom is -0.406 e. The van der Waals surface area contributed by atoms with Gasteiger partial charge in [0.05, 0.1) is 11.4 Å². The molecule has 2 aromatic carbocycles. The highest BCUT2D eigenvalue weighted by Gasteiger charge is 2.31. The number of hydrogen-bond acceptors (Lipinski definition) is 2. The zero-order chi connectivity index (χ0) is 18.2. The fraction of sp³-hybridized carbons (Fsp3) is 0.0625. The summed E-state index contributed by atoms with van der Waals surface area (Å²) < 4.78 is 80.9. The minimum atomic E-state index is -4.79. The van der Waals surface area contributed by atoms with E-state index in [1.54, 1.807) is 0 Å². The first-order valence-electron chi connectivity index (χ1n) is 6.80. The SMILES string of the molecule is Fc1cc(-c2ccn(-c3ccc(OC(F)(F)F)cc3)n2)cc(F)c1F. The summed E-state index contributed by atoms with van der Waals surface area (Å²) in [5, 5.41) is 4.06. The number of aromatic nitrogens is 2. The van der Waals surface area contributed by atoms with Gasteiger partial charge in [0.1, 0.15) is 5.75 Å². The van der Waals surface area contributed by atoms with Crippen molar-refractivity contribution in [1.82, 2.24) is 9.78 Å². The maximum Gasteiger partial charge on any atom is 0.573 e. The zero-order valence-corrected chi connectivity index (χ0v) is 12.2. The van der Waals surface area contributed by atoms with Gasteiger partial charge < -0.3 is 4.74 Å². The van der Waals surface area contributed by atoms with Gasteiger partial charge in [0, 0.05) is 11.8 Å². The lowest BCUT2D eigenvalue weighted by atomic mass is 10.1. The van der Waals surface area contributed by atoms with Crippen LogP contribution in [0.25, 0.3) is 16.9 Å². The van der Waals surface area contributed by atoms with Crippen molar-refractivity contribution in [3.05, 3.63) is 66.1 Å². The highest BCUT2D eigenvalue weighted by atomic mass is 19.4. The van der Waals surface area contributed by atoms with Crippen LogP contribution in [0.2, 0.25) is 0 Å². The van der Waals surface area contributed by atoms with E-state index >= 15 is 0 Å². The van der Waals surface area contributed by atoms with Crippen LogP contribution in [-0.2, 0) is 0 Å². The van der Waals surface area contributed by atoms with E-state index in [0.29, 0.717) is 5.69 Å². The van der Waals surface area contributed by atoms with Crippen molar-refractivity contribution in [1.29, 1.82) is 0 Å². The van der Waals surface area contributed by atoms with E-state index in [4.69, 9.17) is 0 Å². The molecule has 3 nitrogen and oxygen atoms in total.